The molecule has 1 aliphatic heterocycles. The second-order valence-corrected chi connectivity index (χ2v) is 4.18. The van der Waals surface area contributed by atoms with Crippen LogP contribution in [0.5, 0.6) is 0 Å². The first-order valence-corrected chi connectivity index (χ1v) is 5.30. The van der Waals surface area contributed by atoms with Crippen molar-refractivity contribution < 1.29 is 9.47 Å². The maximum Gasteiger partial charge on any atom is 0.0837 e. The summed E-state index contributed by atoms with van der Waals surface area (Å²) >= 11 is 0. The van der Waals surface area contributed by atoms with Gasteiger partial charge in [-0.2, -0.15) is 0 Å². The van der Waals surface area contributed by atoms with E-state index in [2.05, 4.69) is 0 Å². The fraction of sp³-hybridized carbons (Fsp3) is 1.00. The first-order chi connectivity index (χ1) is 6.35. The molecule has 1 saturated heterocycles. The first-order valence-electron chi connectivity index (χ1n) is 5.30. The number of hydrogen-bond acceptors (Lipinski definition) is 3. The summed E-state index contributed by atoms with van der Waals surface area (Å²) < 4.78 is 11.4. The van der Waals surface area contributed by atoms with Crippen molar-refractivity contribution in [3.8, 4) is 0 Å². The Labute approximate surface area is 79.6 Å². The largest absolute Gasteiger partial charge is 0.379 e. The maximum atomic E-state index is 6.07. The third-order valence-electron chi connectivity index (χ3n) is 3.17. The molecular weight excluding hydrogens is 166 g/mol. The Kier molecular flexibility index (Phi) is 2.86. The smallest absolute Gasteiger partial charge is 0.0837 e. The van der Waals surface area contributed by atoms with Crippen LogP contribution in [0.3, 0.4) is 0 Å². The predicted molar refractivity (Wildman–Crippen MR) is 50.6 cm³/mol. The minimum Gasteiger partial charge on any atom is -0.379 e. The molecule has 1 unspecified atom stereocenters. The van der Waals surface area contributed by atoms with Gasteiger partial charge in [0.25, 0.3) is 0 Å². The zero-order chi connectivity index (χ0) is 9.15. The van der Waals surface area contributed by atoms with Gasteiger partial charge in [0.1, 0.15) is 0 Å². The summed E-state index contributed by atoms with van der Waals surface area (Å²) in [6, 6.07) is 0. The molecule has 2 aliphatic rings. The van der Waals surface area contributed by atoms with Crippen LogP contribution in [0, 0.1) is 0 Å². The van der Waals surface area contributed by atoms with Crippen molar-refractivity contribution in [2.24, 2.45) is 5.73 Å². The highest BCUT2D eigenvalue weighted by Gasteiger charge is 2.39. The maximum absolute atomic E-state index is 6.07. The molecule has 1 heterocycles. The molecule has 0 bridgehead atoms. The van der Waals surface area contributed by atoms with Gasteiger partial charge >= 0.3 is 0 Å². The van der Waals surface area contributed by atoms with Gasteiger partial charge in [-0.15, -0.1) is 0 Å². The molecule has 0 spiro atoms. The average molecular weight is 185 g/mol. The Morgan fingerprint density at radius 3 is 2.77 bits per heavy atom. The summed E-state index contributed by atoms with van der Waals surface area (Å²) in [4.78, 5) is 0. The molecule has 0 aromatic carbocycles. The third-order valence-corrected chi connectivity index (χ3v) is 3.17. The highest BCUT2D eigenvalue weighted by atomic mass is 16.6. The molecule has 0 radical (unpaired) electrons. The molecule has 2 N–H and O–H groups in total. The van der Waals surface area contributed by atoms with Gasteiger partial charge in [0.2, 0.25) is 0 Å². The van der Waals surface area contributed by atoms with E-state index in [1.54, 1.807) is 0 Å². The van der Waals surface area contributed by atoms with Gasteiger partial charge in [-0.3, -0.25) is 0 Å². The Bertz CT molecular complexity index is 162. The summed E-state index contributed by atoms with van der Waals surface area (Å²) in [5.74, 6) is 0. The lowest BCUT2D eigenvalue weighted by Gasteiger charge is -2.43. The van der Waals surface area contributed by atoms with Crippen molar-refractivity contribution in [3.63, 3.8) is 0 Å². The van der Waals surface area contributed by atoms with Crippen molar-refractivity contribution in [2.45, 2.75) is 43.8 Å². The zero-order valence-corrected chi connectivity index (χ0v) is 8.13. The zero-order valence-electron chi connectivity index (χ0n) is 8.13. The molecule has 1 saturated carbocycles. The number of rotatable bonds is 4. The van der Waals surface area contributed by atoms with E-state index in [0.717, 1.165) is 32.6 Å². The molecule has 1 atom stereocenters. The van der Waals surface area contributed by atoms with Crippen LogP contribution in [0.25, 0.3) is 0 Å². The SMILES string of the molecule is NCCC1(OC2CCOC2)CCC1. The fourth-order valence-electron chi connectivity index (χ4n) is 2.22. The molecule has 0 aromatic heterocycles. The molecule has 13 heavy (non-hydrogen) atoms. The molecule has 76 valence electrons. The van der Waals surface area contributed by atoms with Crippen LogP contribution < -0.4 is 5.73 Å². The van der Waals surface area contributed by atoms with Gasteiger partial charge in [0.05, 0.1) is 18.3 Å². The van der Waals surface area contributed by atoms with Gasteiger partial charge in [-0.25, -0.2) is 0 Å². The monoisotopic (exact) mass is 185 g/mol. The first kappa shape index (κ1) is 9.44. The Morgan fingerprint density at radius 2 is 2.31 bits per heavy atom. The van der Waals surface area contributed by atoms with Crippen molar-refractivity contribution in [1.82, 2.24) is 0 Å². The van der Waals surface area contributed by atoms with Crippen molar-refractivity contribution >= 4 is 0 Å². The molecule has 0 aromatic rings. The van der Waals surface area contributed by atoms with Crippen LogP contribution in [0.2, 0.25) is 0 Å². The summed E-state index contributed by atoms with van der Waals surface area (Å²) in [6.45, 7) is 2.39. The lowest BCUT2D eigenvalue weighted by Crippen LogP contribution is -2.44. The van der Waals surface area contributed by atoms with Crippen LogP contribution >= 0.6 is 0 Å². The van der Waals surface area contributed by atoms with Gasteiger partial charge in [-0.1, -0.05) is 0 Å². The molecule has 3 nitrogen and oxygen atoms in total. The van der Waals surface area contributed by atoms with E-state index < -0.39 is 0 Å². The third kappa shape index (κ3) is 2.03. The quantitative estimate of drug-likeness (QED) is 0.712. The minimum absolute atomic E-state index is 0.132. The topological polar surface area (TPSA) is 44.5 Å². The number of ether oxygens (including phenoxy) is 2. The van der Waals surface area contributed by atoms with E-state index in [1.807, 2.05) is 0 Å². The van der Waals surface area contributed by atoms with Crippen molar-refractivity contribution in [3.05, 3.63) is 0 Å². The lowest BCUT2D eigenvalue weighted by molar-refractivity contribution is -0.141. The van der Waals surface area contributed by atoms with E-state index in [0.29, 0.717) is 6.10 Å². The summed E-state index contributed by atoms with van der Waals surface area (Å²) in [5, 5.41) is 0. The molecule has 2 fully saturated rings. The number of hydrogen-bond donors (Lipinski definition) is 1. The molecule has 1 aliphatic carbocycles. The molecule has 3 heteroatoms. The predicted octanol–water partition coefficient (Wildman–Crippen LogP) is 1.06. The highest BCUT2D eigenvalue weighted by Crippen LogP contribution is 2.40. The Morgan fingerprint density at radius 1 is 1.46 bits per heavy atom. The van der Waals surface area contributed by atoms with Gasteiger partial charge in [0, 0.05) is 6.61 Å². The second kappa shape index (κ2) is 3.95. The fourth-order valence-corrected chi connectivity index (χ4v) is 2.22. The van der Waals surface area contributed by atoms with Gasteiger partial charge < -0.3 is 15.2 Å². The van der Waals surface area contributed by atoms with Crippen LogP contribution in [0.4, 0.5) is 0 Å². The number of nitrogens with two attached hydrogens (primary N) is 1. The Balaban J connectivity index is 1.82. The second-order valence-electron chi connectivity index (χ2n) is 4.18. The van der Waals surface area contributed by atoms with Crippen LogP contribution in [0.15, 0.2) is 0 Å². The normalized spacial score (nSPS) is 31.6. The molecule has 0 amide bonds. The highest BCUT2D eigenvalue weighted by molar-refractivity contribution is 4.91. The van der Waals surface area contributed by atoms with E-state index in [4.69, 9.17) is 15.2 Å². The Hall–Kier alpha value is -0.120. The van der Waals surface area contributed by atoms with Crippen molar-refractivity contribution in [1.29, 1.82) is 0 Å². The summed E-state index contributed by atoms with van der Waals surface area (Å²) in [6.07, 6.45) is 6.11. The summed E-state index contributed by atoms with van der Waals surface area (Å²) in [7, 11) is 0. The minimum atomic E-state index is 0.132. The molecular formula is C10H19NO2. The molecule has 2 rings (SSSR count). The average Bonchev–Trinajstić information content (AvgIpc) is 2.53. The standard InChI is InChI=1S/C10H19NO2/c11-6-5-10(3-1-4-10)13-9-2-7-12-8-9/h9H,1-8,11H2. The summed E-state index contributed by atoms with van der Waals surface area (Å²) in [5.41, 5.74) is 5.72. The van der Waals surface area contributed by atoms with Crippen LogP contribution in [0.1, 0.15) is 32.1 Å². The van der Waals surface area contributed by atoms with Gasteiger partial charge in [-0.05, 0) is 38.6 Å². The van der Waals surface area contributed by atoms with Crippen molar-refractivity contribution in [2.75, 3.05) is 19.8 Å². The van der Waals surface area contributed by atoms with E-state index in [1.165, 1.54) is 19.3 Å². The van der Waals surface area contributed by atoms with E-state index >= 15 is 0 Å². The van der Waals surface area contributed by atoms with E-state index in [9.17, 15) is 0 Å². The van der Waals surface area contributed by atoms with Crippen LogP contribution in [-0.2, 0) is 9.47 Å². The van der Waals surface area contributed by atoms with Crippen LogP contribution in [-0.4, -0.2) is 31.5 Å². The van der Waals surface area contributed by atoms with Gasteiger partial charge in [0.15, 0.2) is 0 Å². The lowest BCUT2D eigenvalue weighted by atomic mass is 9.77. The van der Waals surface area contributed by atoms with E-state index in [-0.39, 0.29) is 5.60 Å².